The van der Waals surface area contributed by atoms with Gasteiger partial charge in [0.05, 0.1) is 12.7 Å². The summed E-state index contributed by atoms with van der Waals surface area (Å²) in [5.74, 6) is 0.138. The highest BCUT2D eigenvalue weighted by atomic mass is 19.1. The Morgan fingerprint density at radius 3 is 2.71 bits per heavy atom. The number of hydrogen-bond acceptors (Lipinski definition) is 3. The smallest absolute Gasteiger partial charge is 0.125 e. The van der Waals surface area contributed by atoms with Gasteiger partial charge in [-0.05, 0) is 44.4 Å². The van der Waals surface area contributed by atoms with Crippen molar-refractivity contribution in [2.24, 2.45) is 0 Å². The molecule has 17 heavy (non-hydrogen) atoms. The molecule has 1 unspecified atom stereocenters. The van der Waals surface area contributed by atoms with E-state index in [-0.39, 0.29) is 12.4 Å². The molecule has 2 N–H and O–H groups in total. The molecule has 0 radical (unpaired) electrons. The lowest BCUT2D eigenvalue weighted by Crippen LogP contribution is -2.03. The van der Waals surface area contributed by atoms with Crippen LogP contribution in [0.3, 0.4) is 0 Å². The average molecular weight is 242 g/mol. The monoisotopic (exact) mass is 242 g/mol. The van der Waals surface area contributed by atoms with Gasteiger partial charge in [-0.1, -0.05) is 0 Å². The standard InChI is InChI=1S/C13H19FO3/c1-10(16)12-9-11(14)5-6-13(12)17-8-4-2-3-7-15/h5-6,9-10,15-16H,2-4,7-8H2,1H3. The van der Waals surface area contributed by atoms with E-state index < -0.39 is 6.10 Å². The van der Waals surface area contributed by atoms with Crippen molar-refractivity contribution in [2.45, 2.75) is 32.3 Å². The molecule has 1 aromatic carbocycles. The molecule has 0 saturated heterocycles. The van der Waals surface area contributed by atoms with E-state index in [1.165, 1.54) is 18.2 Å². The van der Waals surface area contributed by atoms with Crippen molar-refractivity contribution in [3.8, 4) is 5.75 Å². The molecule has 96 valence electrons. The largest absolute Gasteiger partial charge is 0.493 e. The first-order valence-corrected chi connectivity index (χ1v) is 5.86. The van der Waals surface area contributed by atoms with Gasteiger partial charge in [0.1, 0.15) is 11.6 Å². The minimum absolute atomic E-state index is 0.190. The Morgan fingerprint density at radius 2 is 2.06 bits per heavy atom. The highest BCUT2D eigenvalue weighted by Gasteiger charge is 2.10. The summed E-state index contributed by atoms with van der Waals surface area (Å²) in [6, 6.07) is 4.13. The zero-order chi connectivity index (χ0) is 12.7. The van der Waals surface area contributed by atoms with Crippen LogP contribution in [-0.2, 0) is 0 Å². The Labute approximate surface area is 101 Å². The number of aliphatic hydroxyl groups excluding tert-OH is 2. The van der Waals surface area contributed by atoms with Crippen molar-refractivity contribution < 1.29 is 19.3 Å². The van der Waals surface area contributed by atoms with Gasteiger partial charge in [-0.25, -0.2) is 4.39 Å². The fourth-order valence-electron chi connectivity index (χ4n) is 1.55. The zero-order valence-electron chi connectivity index (χ0n) is 10.0. The van der Waals surface area contributed by atoms with Gasteiger partial charge in [0.25, 0.3) is 0 Å². The number of rotatable bonds is 7. The lowest BCUT2D eigenvalue weighted by molar-refractivity contribution is 0.190. The van der Waals surface area contributed by atoms with Gasteiger partial charge in [0, 0.05) is 12.2 Å². The molecule has 1 rings (SSSR count). The second-order valence-corrected chi connectivity index (χ2v) is 3.99. The maximum Gasteiger partial charge on any atom is 0.125 e. The first-order chi connectivity index (χ1) is 8.15. The van der Waals surface area contributed by atoms with Crippen molar-refractivity contribution in [3.63, 3.8) is 0 Å². The van der Waals surface area contributed by atoms with E-state index in [2.05, 4.69) is 0 Å². The lowest BCUT2D eigenvalue weighted by atomic mass is 10.1. The third kappa shape index (κ3) is 4.71. The number of unbranched alkanes of at least 4 members (excludes halogenated alkanes) is 2. The molecule has 1 atom stereocenters. The van der Waals surface area contributed by atoms with Crippen molar-refractivity contribution in [1.29, 1.82) is 0 Å². The summed E-state index contributed by atoms with van der Waals surface area (Å²) in [5.41, 5.74) is 0.465. The molecule has 0 aliphatic heterocycles. The molecule has 0 aromatic heterocycles. The fourth-order valence-corrected chi connectivity index (χ4v) is 1.55. The second-order valence-electron chi connectivity index (χ2n) is 3.99. The van der Waals surface area contributed by atoms with Crippen LogP contribution >= 0.6 is 0 Å². The predicted octanol–water partition coefficient (Wildman–Crippen LogP) is 2.42. The van der Waals surface area contributed by atoms with Crippen LogP contribution in [0.2, 0.25) is 0 Å². The van der Waals surface area contributed by atoms with Gasteiger partial charge in [-0.3, -0.25) is 0 Å². The summed E-state index contributed by atoms with van der Waals surface area (Å²) in [6.07, 6.45) is 1.73. The molecular weight excluding hydrogens is 223 g/mol. The minimum atomic E-state index is -0.752. The normalized spacial score (nSPS) is 12.5. The van der Waals surface area contributed by atoms with Crippen LogP contribution in [0.25, 0.3) is 0 Å². The molecular formula is C13H19FO3. The maximum atomic E-state index is 13.0. The molecule has 0 aliphatic carbocycles. The van der Waals surface area contributed by atoms with Crippen molar-refractivity contribution in [2.75, 3.05) is 13.2 Å². The third-order valence-electron chi connectivity index (χ3n) is 2.48. The minimum Gasteiger partial charge on any atom is -0.493 e. The van der Waals surface area contributed by atoms with Gasteiger partial charge < -0.3 is 14.9 Å². The number of halogens is 1. The van der Waals surface area contributed by atoms with Crippen LogP contribution in [0.5, 0.6) is 5.75 Å². The number of hydrogen-bond donors (Lipinski definition) is 2. The summed E-state index contributed by atoms with van der Waals surface area (Å²) in [6.45, 7) is 2.27. The van der Waals surface area contributed by atoms with Crippen LogP contribution in [0.1, 0.15) is 37.9 Å². The number of ether oxygens (including phenoxy) is 1. The van der Waals surface area contributed by atoms with Crippen molar-refractivity contribution in [3.05, 3.63) is 29.6 Å². The number of benzene rings is 1. The first kappa shape index (κ1) is 13.9. The maximum absolute atomic E-state index is 13.0. The third-order valence-corrected chi connectivity index (χ3v) is 2.48. The molecule has 0 aliphatic rings. The Balaban J connectivity index is 2.52. The van der Waals surface area contributed by atoms with E-state index in [0.717, 1.165) is 19.3 Å². The molecule has 0 heterocycles. The summed E-state index contributed by atoms with van der Waals surface area (Å²) in [5, 5.41) is 18.1. The zero-order valence-corrected chi connectivity index (χ0v) is 10.0. The van der Waals surface area contributed by atoms with E-state index in [9.17, 15) is 9.50 Å². The topological polar surface area (TPSA) is 49.7 Å². The van der Waals surface area contributed by atoms with E-state index in [1.807, 2.05) is 0 Å². The van der Waals surface area contributed by atoms with E-state index in [4.69, 9.17) is 9.84 Å². The van der Waals surface area contributed by atoms with Gasteiger partial charge in [-0.2, -0.15) is 0 Å². The Hall–Kier alpha value is -1.13. The molecule has 0 amide bonds. The van der Waals surface area contributed by atoms with Gasteiger partial charge in [0.2, 0.25) is 0 Å². The van der Waals surface area contributed by atoms with Crippen LogP contribution in [0.4, 0.5) is 4.39 Å². The first-order valence-electron chi connectivity index (χ1n) is 5.86. The average Bonchev–Trinajstić information content (AvgIpc) is 2.30. The summed E-state index contributed by atoms with van der Waals surface area (Å²) < 4.78 is 18.5. The van der Waals surface area contributed by atoms with Gasteiger partial charge >= 0.3 is 0 Å². The number of aliphatic hydroxyl groups is 2. The fraction of sp³-hybridized carbons (Fsp3) is 0.538. The molecule has 0 bridgehead atoms. The Kier molecular flexibility index (Phi) is 5.94. The Morgan fingerprint density at radius 1 is 1.29 bits per heavy atom. The SMILES string of the molecule is CC(O)c1cc(F)ccc1OCCCCCO. The molecule has 3 nitrogen and oxygen atoms in total. The van der Waals surface area contributed by atoms with Gasteiger partial charge in [0.15, 0.2) is 0 Å². The molecule has 0 fully saturated rings. The van der Waals surface area contributed by atoms with Crippen LogP contribution in [0.15, 0.2) is 18.2 Å². The molecule has 0 saturated carbocycles. The molecule has 0 spiro atoms. The van der Waals surface area contributed by atoms with E-state index in [0.29, 0.717) is 17.9 Å². The van der Waals surface area contributed by atoms with Crippen molar-refractivity contribution in [1.82, 2.24) is 0 Å². The predicted molar refractivity (Wildman–Crippen MR) is 63.5 cm³/mol. The summed E-state index contributed by atoms with van der Waals surface area (Å²) in [4.78, 5) is 0. The van der Waals surface area contributed by atoms with Crippen LogP contribution in [0, 0.1) is 5.82 Å². The van der Waals surface area contributed by atoms with Gasteiger partial charge in [-0.15, -0.1) is 0 Å². The highest BCUT2D eigenvalue weighted by Crippen LogP contribution is 2.26. The summed E-state index contributed by atoms with van der Waals surface area (Å²) >= 11 is 0. The summed E-state index contributed by atoms with van der Waals surface area (Å²) in [7, 11) is 0. The van der Waals surface area contributed by atoms with E-state index in [1.54, 1.807) is 6.92 Å². The quantitative estimate of drug-likeness (QED) is 0.722. The lowest BCUT2D eigenvalue weighted by Gasteiger charge is -2.13. The second kappa shape index (κ2) is 7.25. The van der Waals surface area contributed by atoms with Crippen molar-refractivity contribution >= 4 is 0 Å². The van der Waals surface area contributed by atoms with Crippen LogP contribution < -0.4 is 4.74 Å². The highest BCUT2D eigenvalue weighted by molar-refractivity contribution is 5.35. The Bertz CT molecular complexity index is 339. The molecule has 1 aromatic rings. The van der Waals surface area contributed by atoms with Crippen LogP contribution in [-0.4, -0.2) is 23.4 Å². The molecule has 4 heteroatoms. The van der Waals surface area contributed by atoms with E-state index >= 15 is 0 Å².